The van der Waals surface area contributed by atoms with Gasteiger partial charge in [-0.3, -0.25) is 4.79 Å². The third kappa shape index (κ3) is 3.75. The normalized spacial score (nSPS) is 18.3. The topological polar surface area (TPSA) is 75.6 Å². The fraction of sp³-hybridized carbons (Fsp3) is 0.429. The van der Waals surface area contributed by atoms with Gasteiger partial charge in [-0.25, -0.2) is 13.6 Å². The quantitative estimate of drug-likeness (QED) is 0.889. The largest absolute Gasteiger partial charge is 0.478 e. The van der Waals surface area contributed by atoms with Crippen LogP contribution in [0.4, 0.5) is 8.78 Å². The number of aromatic carboxylic acids is 1. The highest BCUT2D eigenvalue weighted by molar-refractivity contribution is 6.04. The Hall–Kier alpha value is -2.02. The van der Waals surface area contributed by atoms with Crippen LogP contribution in [0.5, 0.6) is 0 Å². The van der Waals surface area contributed by atoms with E-state index in [1.807, 2.05) is 0 Å². The van der Waals surface area contributed by atoms with E-state index in [0.717, 1.165) is 12.8 Å². The highest BCUT2D eigenvalue weighted by Gasteiger charge is 2.21. The van der Waals surface area contributed by atoms with Crippen LogP contribution in [0, 0.1) is 17.6 Å². The van der Waals surface area contributed by atoms with Crippen LogP contribution in [-0.2, 0) is 4.74 Å². The van der Waals surface area contributed by atoms with Gasteiger partial charge < -0.3 is 15.2 Å². The molecule has 2 rings (SSSR count). The Morgan fingerprint density at radius 1 is 1.29 bits per heavy atom. The fourth-order valence-corrected chi connectivity index (χ4v) is 2.21. The average molecular weight is 299 g/mol. The molecule has 1 saturated heterocycles. The third-order valence-corrected chi connectivity index (χ3v) is 3.34. The van der Waals surface area contributed by atoms with E-state index in [-0.39, 0.29) is 5.92 Å². The minimum atomic E-state index is -1.49. The molecule has 0 aromatic heterocycles. The van der Waals surface area contributed by atoms with Gasteiger partial charge in [-0.05, 0) is 30.9 Å². The molecule has 5 nitrogen and oxygen atoms in total. The number of hydrogen-bond acceptors (Lipinski definition) is 3. The van der Waals surface area contributed by atoms with Crippen LogP contribution in [0.2, 0.25) is 0 Å². The van der Waals surface area contributed by atoms with Crippen LogP contribution in [0.3, 0.4) is 0 Å². The van der Waals surface area contributed by atoms with E-state index in [0.29, 0.717) is 31.9 Å². The lowest BCUT2D eigenvalue weighted by Crippen LogP contribution is -2.34. The summed E-state index contributed by atoms with van der Waals surface area (Å²) in [6, 6.07) is 1.11. The number of carbonyl (C=O) groups excluding carboxylic acids is 1. The van der Waals surface area contributed by atoms with Crippen LogP contribution < -0.4 is 5.32 Å². The lowest BCUT2D eigenvalue weighted by Gasteiger charge is -2.22. The summed E-state index contributed by atoms with van der Waals surface area (Å²) >= 11 is 0. The molecule has 1 aromatic carbocycles. The summed E-state index contributed by atoms with van der Waals surface area (Å²) in [5, 5.41) is 11.5. The number of rotatable bonds is 4. The number of hydrogen-bond donors (Lipinski definition) is 2. The van der Waals surface area contributed by atoms with Gasteiger partial charge in [0.25, 0.3) is 5.91 Å². The Morgan fingerprint density at radius 3 is 2.52 bits per heavy atom. The molecule has 0 bridgehead atoms. The zero-order valence-electron chi connectivity index (χ0n) is 11.2. The zero-order valence-corrected chi connectivity index (χ0v) is 11.2. The molecule has 1 heterocycles. The van der Waals surface area contributed by atoms with Crippen molar-refractivity contribution >= 4 is 11.9 Å². The van der Waals surface area contributed by atoms with Crippen molar-refractivity contribution in [3.63, 3.8) is 0 Å². The summed E-state index contributed by atoms with van der Waals surface area (Å²) in [5.74, 6) is -4.64. The smallest absolute Gasteiger partial charge is 0.336 e. The summed E-state index contributed by atoms with van der Waals surface area (Å²) in [7, 11) is 0. The second-order valence-electron chi connectivity index (χ2n) is 4.91. The molecule has 0 aliphatic carbocycles. The number of carboxylic acids is 1. The van der Waals surface area contributed by atoms with Crippen LogP contribution in [0.25, 0.3) is 0 Å². The van der Waals surface area contributed by atoms with Crippen LogP contribution in [0.15, 0.2) is 12.1 Å². The predicted octanol–water partition coefficient (Wildman–Crippen LogP) is 1.82. The van der Waals surface area contributed by atoms with Crippen molar-refractivity contribution in [2.45, 2.75) is 12.8 Å². The number of nitrogens with one attached hydrogen (secondary N) is 1. The minimum absolute atomic E-state index is 0.140. The van der Waals surface area contributed by atoms with Gasteiger partial charge in [-0.1, -0.05) is 0 Å². The van der Waals surface area contributed by atoms with E-state index < -0.39 is 34.6 Å². The van der Waals surface area contributed by atoms with Gasteiger partial charge in [0.15, 0.2) is 11.6 Å². The summed E-state index contributed by atoms with van der Waals surface area (Å²) in [5.41, 5.74) is -0.954. The number of carboxylic acid groups (broad SMARTS) is 1. The molecule has 114 valence electrons. The van der Waals surface area contributed by atoms with Crippen molar-refractivity contribution in [2.75, 3.05) is 19.8 Å². The molecule has 2 N–H and O–H groups in total. The molecule has 1 aromatic rings. The van der Waals surface area contributed by atoms with Crippen molar-refractivity contribution in [3.05, 3.63) is 34.9 Å². The molecule has 0 spiro atoms. The second kappa shape index (κ2) is 6.62. The molecule has 1 aliphatic heterocycles. The van der Waals surface area contributed by atoms with Gasteiger partial charge in [0.1, 0.15) is 0 Å². The molecule has 1 fully saturated rings. The number of benzene rings is 1. The average Bonchev–Trinajstić information content (AvgIpc) is 2.48. The van der Waals surface area contributed by atoms with Crippen LogP contribution >= 0.6 is 0 Å². The number of carbonyl (C=O) groups is 2. The Kier molecular flexibility index (Phi) is 4.85. The van der Waals surface area contributed by atoms with Crippen molar-refractivity contribution in [2.24, 2.45) is 5.92 Å². The molecule has 0 saturated carbocycles. The van der Waals surface area contributed by atoms with E-state index in [1.54, 1.807) is 0 Å². The second-order valence-corrected chi connectivity index (χ2v) is 4.91. The molecular weight excluding hydrogens is 284 g/mol. The molecule has 1 atom stereocenters. The summed E-state index contributed by atoms with van der Waals surface area (Å²) in [6.45, 7) is 1.51. The zero-order chi connectivity index (χ0) is 15.4. The Morgan fingerprint density at radius 2 is 1.95 bits per heavy atom. The molecular formula is C14H15F2NO4. The van der Waals surface area contributed by atoms with E-state index in [1.165, 1.54) is 0 Å². The third-order valence-electron chi connectivity index (χ3n) is 3.34. The first kappa shape index (κ1) is 15.4. The Labute approximate surface area is 119 Å². The van der Waals surface area contributed by atoms with Crippen LogP contribution in [0.1, 0.15) is 33.6 Å². The van der Waals surface area contributed by atoms with Gasteiger partial charge in [-0.15, -0.1) is 0 Å². The molecule has 1 aliphatic rings. The maximum absolute atomic E-state index is 13.2. The number of halogens is 2. The summed E-state index contributed by atoms with van der Waals surface area (Å²) < 4.78 is 31.5. The van der Waals surface area contributed by atoms with Gasteiger partial charge in [0, 0.05) is 13.2 Å². The van der Waals surface area contributed by atoms with Gasteiger partial charge >= 0.3 is 5.97 Å². The van der Waals surface area contributed by atoms with E-state index in [4.69, 9.17) is 9.84 Å². The van der Waals surface area contributed by atoms with Gasteiger partial charge in [0.05, 0.1) is 17.7 Å². The van der Waals surface area contributed by atoms with Crippen molar-refractivity contribution < 1.29 is 28.2 Å². The molecule has 0 radical (unpaired) electrons. The van der Waals surface area contributed by atoms with Crippen molar-refractivity contribution in [1.82, 2.24) is 5.32 Å². The van der Waals surface area contributed by atoms with Crippen molar-refractivity contribution in [3.8, 4) is 0 Å². The monoisotopic (exact) mass is 299 g/mol. The molecule has 1 unspecified atom stereocenters. The maximum Gasteiger partial charge on any atom is 0.336 e. The van der Waals surface area contributed by atoms with Gasteiger partial charge in [0.2, 0.25) is 0 Å². The highest BCUT2D eigenvalue weighted by atomic mass is 19.2. The van der Waals surface area contributed by atoms with Crippen molar-refractivity contribution in [1.29, 1.82) is 0 Å². The predicted molar refractivity (Wildman–Crippen MR) is 69.2 cm³/mol. The lowest BCUT2D eigenvalue weighted by molar-refractivity contribution is 0.0535. The molecule has 1 amide bonds. The van der Waals surface area contributed by atoms with Crippen LogP contribution in [-0.4, -0.2) is 36.7 Å². The Bertz CT molecular complexity index is 556. The maximum atomic E-state index is 13.2. The first-order chi connectivity index (χ1) is 9.99. The van der Waals surface area contributed by atoms with E-state index >= 15 is 0 Å². The summed E-state index contributed by atoms with van der Waals surface area (Å²) in [6.07, 6.45) is 1.79. The molecule has 7 heteroatoms. The van der Waals surface area contributed by atoms with Gasteiger partial charge in [-0.2, -0.15) is 0 Å². The standard InChI is InChI=1S/C14H15F2NO4/c15-11-4-9(10(14(19)20)5-12(11)16)13(18)17-6-8-2-1-3-21-7-8/h4-5,8H,1-3,6-7H2,(H,17,18)(H,19,20). The first-order valence-corrected chi connectivity index (χ1v) is 6.57. The van der Waals surface area contributed by atoms with E-state index in [9.17, 15) is 18.4 Å². The minimum Gasteiger partial charge on any atom is -0.478 e. The lowest BCUT2D eigenvalue weighted by atomic mass is 10.0. The SMILES string of the molecule is O=C(O)c1cc(F)c(F)cc1C(=O)NCC1CCCOC1. The molecule has 21 heavy (non-hydrogen) atoms. The highest BCUT2D eigenvalue weighted by Crippen LogP contribution is 2.16. The first-order valence-electron chi connectivity index (χ1n) is 6.57. The fourth-order valence-electron chi connectivity index (χ4n) is 2.21. The Balaban J connectivity index is 2.10. The summed E-state index contributed by atoms with van der Waals surface area (Å²) in [4.78, 5) is 23.0. The number of ether oxygens (including phenoxy) is 1. The number of amides is 1. The van der Waals surface area contributed by atoms with E-state index in [2.05, 4.69) is 5.32 Å².